The van der Waals surface area contributed by atoms with Crippen molar-refractivity contribution in [2.75, 3.05) is 5.73 Å². The fraction of sp³-hybridized carbons (Fsp3) is 0. The lowest BCUT2D eigenvalue weighted by Crippen LogP contribution is -1.95. The van der Waals surface area contributed by atoms with Crippen molar-refractivity contribution in [1.82, 2.24) is 9.97 Å². The van der Waals surface area contributed by atoms with Crippen molar-refractivity contribution < 1.29 is 0 Å². The zero-order valence-corrected chi connectivity index (χ0v) is 9.36. The van der Waals surface area contributed by atoms with Crippen LogP contribution in [0.3, 0.4) is 0 Å². The van der Waals surface area contributed by atoms with Crippen LogP contribution in [-0.4, -0.2) is 9.97 Å². The van der Waals surface area contributed by atoms with Gasteiger partial charge in [0.05, 0.1) is 4.47 Å². The lowest BCUT2D eigenvalue weighted by molar-refractivity contribution is 1.11. The van der Waals surface area contributed by atoms with Gasteiger partial charge in [-0.05, 0) is 47.8 Å². The van der Waals surface area contributed by atoms with E-state index in [0.29, 0.717) is 9.21 Å². The summed E-state index contributed by atoms with van der Waals surface area (Å²) in [6.07, 6.45) is 0. The van der Waals surface area contributed by atoms with Crippen LogP contribution >= 0.6 is 47.8 Å². The summed E-state index contributed by atoms with van der Waals surface area (Å²) in [6, 6.07) is 0. The number of hydrogen-bond donors (Lipinski definition) is 1. The van der Waals surface area contributed by atoms with E-state index in [2.05, 4.69) is 57.8 Å². The highest BCUT2D eigenvalue weighted by Crippen LogP contribution is 2.27. The number of rotatable bonds is 0. The number of nitrogen functional groups attached to an aromatic ring is 1. The molecule has 0 atom stereocenters. The van der Waals surface area contributed by atoms with E-state index in [0.717, 1.165) is 4.47 Å². The average Bonchev–Trinajstić information content (AvgIpc) is 1.82. The quantitative estimate of drug-likeness (QED) is 0.742. The number of hydrogen-bond acceptors (Lipinski definition) is 3. The summed E-state index contributed by atoms with van der Waals surface area (Å²) in [7, 11) is 0. The van der Waals surface area contributed by atoms with Crippen molar-refractivity contribution in [3.8, 4) is 0 Å². The highest BCUT2D eigenvalue weighted by atomic mass is 79.9. The Balaban J connectivity index is 3.31. The van der Waals surface area contributed by atoms with Crippen LogP contribution in [0.2, 0.25) is 0 Å². The second-order valence-electron chi connectivity index (χ2n) is 1.48. The summed E-state index contributed by atoms with van der Waals surface area (Å²) in [5.41, 5.74) is 5.33. The van der Waals surface area contributed by atoms with E-state index in [1.165, 1.54) is 0 Å². The van der Waals surface area contributed by atoms with Gasteiger partial charge in [-0.15, -0.1) is 0 Å². The Morgan fingerprint density at radius 1 is 1.00 bits per heavy atom. The Hall–Kier alpha value is 0.320. The molecule has 2 N–H and O–H groups in total. The molecule has 6 heteroatoms. The van der Waals surface area contributed by atoms with Gasteiger partial charge < -0.3 is 5.73 Å². The lowest BCUT2D eigenvalue weighted by atomic mass is 10.7. The van der Waals surface area contributed by atoms with Crippen LogP contribution in [-0.2, 0) is 0 Å². The Morgan fingerprint density at radius 2 is 1.40 bits per heavy atom. The van der Waals surface area contributed by atoms with Crippen molar-refractivity contribution in [1.29, 1.82) is 0 Å². The topological polar surface area (TPSA) is 51.8 Å². The average molecular weight is 332 g/mol. The van der Waals surface area contributed by atoms with Crippen molar-refractivity contribution in [3.63, 3.8) is 0 Å². The van der Waals surface area contributed by atoms with Crippen LogP contribution in [0.25, 0.3) is 0 Å². The van der Waals surface area contributed by atoms with Gasteiger partial charge in [0.1, 0.15) is 9.21 Å². The molecule has 1 aromatic rings. The van der Waals surface area contributed by atoms with Crippen LogP contribution in [0.4, 0.5) is 5.95 Å². The maximum absolute atomic E-state index is 5.33. The highest BCUT2D eigenvalue weighted by molar-refractivity contribution is 9.14. The first kappa shape index (κ1) is 8.42. The molecule has 0 saturated heterocycles. The molecule has 3 nitrogen and oxygen atoms in total. The molecule has 0 aromatic carbocycles. The molecule has 0 amide bonds. The van der Waals surface area contributed by atoms with Gasteiger partial charge in [0.15, 0.2) is 0 Å². The molecular weight excluding hydrogens is 330 g/mol. The summed E-state index contributed by atoms with van der Waals surface area (Å²) in [5.74, 6) is 0.238. The predicted molar refractivity (Wildman–Crippen MR) is 49.5 cm³/mol. The summed E-state index contributed by atoms with van der Waals surface area (Å²) >= 11 is 9.62. The van der Waals surface area contributed by atoms with E-state index in [1.807, 2.05) is 0 Å². The zero-order valence-electron chi connectivity index (χ0n) is 4.61. The Bertz CT molecular complexity index is 239. The summed E-state index contributed by atoms with van der Waals surface area (Å²) < 4.78 is 2.06. The van der Waals surface area contributed by atoms with Crippen molar-refractivity contribution >= 4 is 53.7 Å². The molecule has 10 heavy (non-hydrogen) atoms. The van der Waals surface area contributed by atoms with Gasteiger partial charge in [-0.2, -0.15) is 0 Å². The number of halogens is 3. The molecule has 1 rings (SSSR count). The number of aromatic nitrogens is 2. The standard InChI is InChI=1S/C4H2Br3N3/c5-1-2(6)9-4(8)10-3(1)7/h(H2,8,9,10). The van der Waals surface area contributed by atoms with E-state index in [-0.39, 0.29) is 5.95 Å². The number of anilines is 1. The molecule has 0 aliphatic carbocycles. The smallest absolute Gasteiger partial charge is 0.222 e. The second kappa shape index (κ2) is 3.15. The number of nitrogens with zero attached hydrogens (tertiary/aromatic N) is 2. The first-order chi connectivity index (χ1) is 4.61. The molecule has 0 aliphatic heterocycles. The number of nitrogens with two attached hydrogens (primary N) is 1. The van der Waals surface area contributed by atoms with E-state index in [1.54, 1.807) is 0 Å². The lowest BCUT2D eigenvalue weighted by Gasteiger charge is -1.97. The minimum atomic E-state index is 0.238. The molecule has 0 aliphatic rings. The summed E-state index contributed by atoms with van der Waals surface area (Å²) in [5, 5.41) is 0. The molecule has 0 spiro atoms. The summed E-state index contributed by atoms with van der Waals surface area (Å²) in [6.45, 7) is 0. The van der Waals surface area contributed by atoms with Gasteiger partial charge in [0.2, 0.25) is 5.95 Å². The maximum Gasteiger partial charge on any atom is 0.222 e. The van der Waals surface area contributed by atoms with Crippen molar-refractivity contribution in [2.45, 2.75) is 0 Å². The zero-order chi connectivity index (χ0) is 7.72. The van der Waals surface area contributed by atoms with Crippen LogP contribution in [0.15, 0.2) is 13.7 Å². The van der Waals surface area contributed by atoms with Crippen LogP contribution in [0.5, 0.6) is 0 Å². The molecule has 0 radical (unpaired) electrons. The van der Waals surface area contributed by atoms with Gasteiger partial charge in [0.25, 0.3) is 0 Å². The normalized spacial score (nSPS) is 9.90. The van der Waals surface area contributed by atoms with Crippen molar-refractivity contribution in [3.05, 3.63) is 13.7 Å². The van der Waals surface area contributed by atoms with E-state index < -0.39 is 0 Å². The Morgan fingerprint density at radius 3 is 1.80 bits per heavy atom. The monoisotopic (exact) mass is 329 g/mol. The Kier molecular flexibility index (Phi) is 2.65. The largest absolute Gasteiger partial charge is 0.368 e. The second-order valence-corrected chi connectivity index (χ2v) is 3.77. The van der Waals surface area contributed by atoms with Gasteiger partial charge in [-0.3, -0.25) is 0 Å². The molecule has 1 heterocycles. The van der Waals surface area contributed by atoms with E-state index >= 15 is 0 Å². The molecule has 0 saturated carbocycles. The van der Waals surface area contributed by atoms with E-state index in [4.69, 9.17) is 5.73 Å². The summed E-state index contributed by atoms with van der Waals surface area (Å²) in [4.78, 5) is 7.68. The molecule has 0 fully saturated rings. The first-order valence-electron chi connectivity index (χ1n) is 2.25. The molecule has 0 bridgehead atoms. The Labute approximate surface area is 82.8 Å². The SMILES string of the molecule is Nc1nc(Br)c(Br)c(Br)n1. The molecule has 1 aromatic heterocycles. The fourth-order valence-electron chi connectivity index (χ4n) is 0.409. The minimum Gasteiger partial charge on any atom is -0.368 e. The van der Waals surface area contributed by atoms with Crippen molar-refractivity contribution in [2.24, 2.45) is 0 Å². The fourth-order valence-corrected chi connectivity index (χ4v) is 1.59. The third-order valence-corrected chi connectivity index (χ3v) is 3.75. The van der Waals surface area contributed by atoms with Gasteiger partial charge in [-0.25, -0.2) is 9.97 Å². The van der Waals surface area contributed by atoms with Gasteiger partial charge in [-0.1, -0.05) is 0 Å². The van der Waals surface area contributed by atoms with Gasteiger partial charge in [0, 0.05) is 0 Å². The predicted octanol–water partition coefficient (Wildman–Crippen LogP) is 2.35. The molecule has 54 valence electrons. The molecule has 0 unspecified atom stereocenters. The van der Waals surface area contributed by atoms with Crippen LogP contribution < -0.4 is 5.73 Å². The third-order valence-electron chi connectivity index (χ3n) is 0.788. The third kappa shape index (κ3) is 1.67. The van der Waals surface area contributed by atoms with Crippen LogP contribution in [0, 0.1) is 0 Å². The maximum atomic E-state index is 5.33. The first-order valence-corrected chi connectivity index (χ1v) is 4.63. The highest BCUT2D eigenvalue weighted by Gasteiger charge is 2.04. The van der Waals surface area contributed by atoms with Gasteiger partial charge >= 0.3 is 0 Å². The van der Waals surface area contributed by atoms with Crippen LogP contribution in [0.1, 0.15) is 0 Å². The minimum absolute atomic E-state index is 0.238. The van der Waals surface area contributed by atoms with E-state index in [9.17, 15) is 0 Å². The molecular formula is C4H2Br3N3.